The fourth-order valence-electron chi connectivity index (χ4n) is 3.29. The van der Waals surface area contributed by atoms with Crippen LogP contribution in [0.15, 0.2) is 24.3 Å². The molecule has 2 aliphatic rings. The molecule has 1 atom stereocenters. The Bertz CT molecular complexity index is 619. The number of benzene rings is 1. The molecule has 1 amide bonds. The number of Topliss-reactive ketones (excluding diaryl/α,β-unsaturated/α-hetero) is 1. The van der Waals surface area contributed by atoms with Crippen LogP contribution in [0.25, 0.3) is 0 Å². The first-order valence-electron chi connectivity index (χ1n) is 9.31. The molecule has 1 aromatic carbocycles. The molecule has 0 unspecified atom stereocenters. The van der Waals surface area contributed by atoms with E-state index in [2.05, 4.69) is 10.2 Å². The molecule has 1 aliphatic carbocycles. The Hall–Kier alpha value is -1.88. The maximum absolute atomic E-state index is 12.4. The molecule has 5 heteroatoms. The zero-order chi connectivity index (χ0) is 17.8. The van der Waals surface area contributed by atoms with E-state index < -0.39 is 6.10 Å². The number of amides is 1. The van der Waals surface area contributed by atoms with Gasteiger partial charge in [0, 0.05) is 31.2 Å². The number of nitrogens with zero attached hydrogens (tertiary/aromatic N) is 1. The molecule has 0 aromatic heterocycles. The highest BCUT2D eigenvalue weighted by Gasteiger charge is 2.28. The number of carbonyl (C=O) groups is 2. The van der Waals surface area contributed by atoms with Crippen molar-refractivity contribution in [2.24, 2.45) is 5.92 Å². The predicted octanol–water partition coefficient (Wildman–Crippen LogP) is 2.65. The molecule has 0 spiro atoms. The van der Waals surface area contributed by atoms with Gasteiger partial charge in [0.15, 0.2) is 11.9 Å². The Morgan fingerprint density at radius 1 is 1.24 bits per heavy atom. The Balaban J connectivity index is 1.44. The second-order valence-electron chi connectivity index (χ2n) is 7.37. The molecule has 1 N–H and O–H groups in total. The number of piperidine rings is 1. The fourth-order valence-corrected chi connectivity index (χ4v) is 3.29. The van der Waals surface area contributed by atoms with E-state index in [1.807, 2.05) is 0 Å². The highest BCUT2D eigenvalue weighted by molar-refractivity contribution is 5.94. The molecule has 3 rings (SSSR count). The van der Waals surface area contributed by atoms with Crippen LogP contribution in [0.4, 0.5) is 0 Å². The molecular formula is C20H28N2O3. The number of ether oxygens (including phenoxy) is 1. The van der Waals surface area contributed by atoms with E-state index in [0.29, 0.717) is 11.3 Å². The van der Waals surface area contributed by atoms with Gasteiger partial charge in [-0.15, -0.1) is 0 Å². The molecule has 1 saturated heterocycles. The maximum atomic E-state index is 12.4. The van der Waals surface area contributed by atoms with Gasteiger partial charge in [0.25, 0.3) is 5.91 Å². The summed E-state index contributed by atoms with van der Waals surface area (Å²) in [6.45, 7) is 6.63. The minimum absolute atomic E-state index is 0.0134. The van der Waals surface area contributed by atoms with Gasteiger partial charge in [0.2, 0.25) is 0 Å². The molecule has 1 heterocycles. The summed E-state index contributed by atoms with van der Waals surface area (Å²) in [7, 11) is 0. The summed E-state index contributed by atoms with van der Waals surface area (Å²) in [5, 5.41) is 3.11. The monoisotopic (exact) mass is 344 g/mol. The van der Waals surface area contributed by atoms with Crippen molar-refractivity contribution in [3.8, 4) is 5.75 Å². The molecule has 1 saturated carbocycles. The van der Waals surface area contributed by atoms with Gasteiger partial charge in [0.1, 0.15) is 5.75 Å². The predicted molar refractivity (Wildman–Crippen MR) is 96.9 cm³/mol. The maximum Gasteiger partial charge on any atom is 0.260 e. The Kier molecular flexibility index (Phi) is 5.74. The van der Waals surface area contributed by atoms with Gasteiger partial charge in [-0.2, -0.15) is 0 Å². The third-order valence-electron chi connectivity index (χ3n) is 5.07. The summed E-state index contributed by atoms with van der Waals surface area (Å²) >= 11 is 0. The standard InChI is InChI=1S/C20H28N2O3/c1-14(23)17-4-3-5-19(12-17)25-15(2)20(24)21-18-8-10-22(11-9-18)13-16-6-7-16/h3-5,12,15-16,18H,6-11,13H2,1-2H3,(H,21,24)/t15-/m0/s1. The molecule has 2 fully saturated rings. The lowest BCUT2D eigenvalue weighted by Crippen LogP contribution is -2.48. The quantitative estimate of drug-likeness (QED) is 0.773. The first-order chi connectivity index (χ1) is 12.0. The molecule has 25 heavy (non-hydrogen) atoms. The van der Waals surface area contributed by atoms with Crippen molar-refractivity contribution < 1.29 is 14.3 Å². The Morgan fingerprint density at radius 3 is 2.60 bits per heavy atom. The van der Waals surface area contributed by atoms with Crippen molar-refractivity contribution >= 4 is 11.7 Å². The molecular weight excluding hydrogens is 316 g/mol. The van der Waals surface area contributed by atoms with E-state index in [-0.39, 0.29) is 17.7 Å². The number of rotatable bonds is 7. The second kappa shape index (κ2) is 8.00. The van der Waals surface area contributed by atoms with Crippen LogP contribution in [0.1, 0.15) is 49.9 Å². The molecule has 1 aliphatic heterocycles. The van der Waals surface area contributed by atoms with E-state index in [9.17, 15) is 9.59 Å². The lowest BCUT2D eigenvalue weighted by molar-refractivity contribution is -0.128. The number of hydrogen-bond acceptors (Lipinski definition) is 4. The van der Waals surface area contributed by atoms with E-state index in [0.717, 1.165) is 31.8 Å². The summed E-state index contributed by atoms with van der Waals surface area (Å²) < 4.78 is 5.72. The van der Waals surface area contributed by atoms with Crippen molar-refractivity contribution in [2.75, 3.05) is 19.6 Å². The lowest BCUT2D eigenvalue weighted by atomic mass is 10.0. The molecule has 0 radical (unpaired) electrons. The minimum Gasteiger partial charge on any atom is -0.481 e. The molecule has 136 valence electrons. The van der Waals surface area contributed by atoms with Crippen molar-refractivity contribution in [1.29, 1.82) is 0 Å². The zero-order valence-electron chi connectivity index (χ0n) is 15.2. The van der Waals surface area contributed by atoms with Crippen LogP contribution in [-0.4, -0.2) is 48.4 Å². The summed E-state index contributed by atoms with van der Waals surface area (Å²) in [4.78, 5) is 26.3. The lowest BCUT2D eigenvalue weighted by Gasteiger charge is -2.32. The molecule has 1 aromatic rings. The van der Waals surface area contributed by atoms with E-state index in [1.165, 1.54) is 26.3 Å². The fraction of sp³-hybridized carbons (Fsp3) is 0.600. The van der Waals surface area contributed by atoms with Gasteiger partial charge in [0.05, 0.1) is 0 Å². The van der Waals surface area contributed by atoms with E-state index >= 15 is 0 Å². The van der Waals surface area contributed by atoms with Crippen LogP contribution in [-0.2, 0) is 4.79 Å². The van der Waals surface area contributed by atoms with E-state index in [1.54, 1.807) is 31.2 Å². The number of hydrogen-bond donors (Lipinski definition) is 1. The highest BCUT2D eigenvalue weighted by Crippen LogP contribution is 2.30. The average Bonchev–Trinajstić information content (AvgIpc) is 3.41. The Morgan fingerprint density at radius 2 is 1.96 bits per heavy atom. The zero-order valence-corrected chi connectivity index (χ0v) is 15.2. The van der Waals surface area contributed by atoms with Crippen LogP contribution >= 0.6 is 0 Å². The summed E-state index contributed by atoms with van der Waals surface area (Å²) in [5.74, 6) is 1.37. The third kappa shape index (κ3) is 5.30. The van der Waals surface area contributed by atoms with Crippen molar-refractivity contribution in [1.82, 2.24) is 10.2 Å². The third-order valence-corrected chi connectivity index (χ3v) is 5.07. The van der Waals surface area contributed by atoms with E-state index in [4.69, 9.17) is 4.74 Å². The van der Waals surface area contributed by atoms with Crippen LogP contribution < -0.4 is 10.1 Å². The number of nitrogens with one attached hydrogen (secondary N) is 1. The van der Waals surface area contributed by atoms with Crippen LogP contribution in [0, 0.1) is 5.92 Å². The smallest absolute Gasteiger partial charge is 0.260 e. The summed E-state index contributed by atoms with van der Waals surface area (Å²) in [6.07, 6.45) is 4.20. The first-order valence-corrected chi connectivity index (χ1v) is 9.31. The number of likely N-dealkylation sites (tertiary alicyclic amines) is 1. The van der Waals surface area contributed by atoms with Gasteiger partial charge in [-0.25, -0.2) is 0 Å². The number of carbonyl (C=O) groups excluding carboxylic acids is 2. The minimum atomic E-state index is -0.577. The highest BCUT2D eigenvalue weighted by atomic mass is 16.5. The van der Waals surface area contributed by atoms with Gasteiger partial charge >= 0.3 is 0 Å². The van der Waals surface area contributed by atoms with Gasteiger partial charge in [-0.3, -0.25) is 9.59 Å². The second-order valence-corrected chi connectivity index (χ2v) is 7.37. The molecule has 5 nitrogen and oxygen atoms in total. The SMILES string of the molecule is CC(=O)c1cccc(O[C@@H](C)C(=O)NC2CCN(CC3CC3)CC2)c1. The van der Waals surface area contributed by atoms with Crippen LogP contribution in [0.5, 0.6) is 5.75 Å². The Labute approximate surface area is 149 Å². The van der Waals surface area contributed by atoms with Gasteiger partial charge in [-0.05, 0) is 57.6 Å². The summed E-state index contributed by atoms with van der Waals surface area (Å²) in [6, 6.07) is 7.20. The largest absolute Gasteiger partial charge is 0.481 e. The van der Waals surface area contributed by atoms with Crippen molar-refractivity contribution in [2.45, 2.75) is 51.7 Å². The van der Waals surface area contributed by atoms with Gasteiger partial charge < -0.3 is 15.0 Å². The van der Waals surface area contributed by atoms with Crippen molar-refractivity contribution in [3.63, 3.8) is 0 Å². The first kappa shape index (κ1) is 17.9. The molecule has 0 bridgehead atoms. The van der Waals surface area contributed by atoms with Crippen LogP contribution in [0.2, 0.25) is 0 Å². The average molecular weight is 344 g/mol. The number of ketones is 1. The van der Waals surface area contributed by atoms with Crippen LogP contribution in [0.3, 0.4) is 0 Å². The van der Waals surface area contributed by atoms with Gasteiger partial charge in [-0.1, -0.05) is 12.1 Å². The summed E-state index contributed by atoms with van der Waals surface area (Å²) in [5.41, 5.74) is 0.591. The van der Waals surface area contributed by atoms with Crippen molar-refractivity contribution in [3.05, 3.63) is 29.8 Å². The normalized spacial score (nSPS) is 20.1. The topological polar surface area (TPSA) is 58.6 Å².